The molecule has 5 rings (SSSR count). The van der Waals surface area contributed by atoms with Crippen LogP contribution in [0.5, 0.6) is 17.2 Å². The molecule has 3 aromatic rings. The van der Waals surface area contributed by atoms with Crippen molar-refractivity contribution < 1.29 is 28.6 Å². The zero-order valence-corrected chi connectivity index (χ0v) is 24.4. The van der Waals surface area contributed by atoms with Gasteiger partial charge >= 0.3 is 6.03 Å². The molecule has 0 bridgehead atoms. The second kappa shape index (κ2) is 12.5. The van der Waals surface area contributed by atoms with Crippen molar-refractivity contribution in [1.29, 1.82) is 0 Å². The second-order valence-corrected chi connectivity index (χ2v) is 10.3. The quantitative estimate of drug-likeness (QED) is 0.220. The van der Waals surface area contributed by atoms with Crippen LogP contribution in [0.25, 0.3) is 6.08 Å². The minimum atomic E-state index is -0.861. The normalized spacial score (nSPS) is 15.1. The number of urea groups is 1. The van der Waals surface area contributed by atoms with E-state index in [1.807, 2.05) is 42.3 Å². The number of benzene rings is 3. The summed E-state index contributed by atoms with van der Waals surface area (Å²) in [7, 11) is 3.33. The highest BCUT2D eigenvalue weighted by molar-refractivity contribution is 7.80. The Balaban J connectivity index is 1.44. The third-order valence-corrected chi connectivity index (χ3v) is 7.48. The Labute approximate surface area is 252 Å². The third-order valence-electron chi connectivity index (χ3n) is 6.77. The van der Waals surface area contributed by atoms with Crippen LogP contribution in [-0.2, 0) is 22.6 Å². The second-order valence-electron chi connectivity index (χ2n) is 9.47. The Bertz CT molecular complexity index is 1580. The van der Waals surface area contributed by atoms with Crippen LogP contribution >= 0.6 is 23.8 Å². The summed E-state index contributed by atoms with van der Waals surface area (Å²) >= 11 is 11.6. The highest BCUT2D eigenvalue weighted by Gasteiger charge is 2.37. The smallest absolute Gasteiger partial charge is 0.335 e. The number of ether oxygens (including phenoxy) is 3. The van der Waals surface area contributed by atoms with E-state index in [2.05, 4.69) is 10.6 Å². The molecule has 1 saturated heterocycles. The van der Waals surface area contributed by atoms with Gasteiger partial charge in [-0.3, -0.25) is 14.9 Å². The lowest BCUT2D eigenvalue weighted by Crippen LogP contribution is -2.54. The molecule has 2 aliphatic heterocycles. The predicted octanol–water partition coefficient (Wildman–Crippen LogP) is 4.29. The van der Waals surface area contributed by atoms with Gasteiger partial charge in [0.2, 0.25) is 12.5 Å². The first kappa shape index (κ1) is 28.9. The maximum absolute atomic E-state index is 13.5. The molecular formula is C30H27ClN4O6S. The lowest BCUT2D eigenvalue weighted by molar-refractivity contribution is -0.122. The molecule has 0 atom stereocenters. The van der Waals surface area contributed by atoms with Gasteiger partial charge in [0.1, 0.15) is 5.57 Å². The van der Waals surface area contributed by atoms with Crippen LogP contribution in [-0.4, -0.2) is 55.4 Å². The molecule has 216 valence electrons. The van der Waals surface area contributed by atoms with Crippen molar-refractivity contribution in [3.8, 4) is 17.2 Å². The van der Waals surface area contributed by atoms with Crippen LogP contribution in [0.4, 0.5) is 10.5 Å². The van der Waals surface area contributed by atoms with Crippen LogP contribution in [0.1, 0.15) is 16.7 Å². The predicted molar refractivity (Wildman–Crippen MR) is 162 cm³/mol. The van der Waals surface area contributed by atoms with Gasteiger partial charge in [-0.25, -0.2) is 9.69 Å². The Morgan fingerprint density at radius 3 is 2.60 bits per heavy atom. The number of carbonyl (C=O) groups is 3. The van der Waals surface area contributed by atoms with Crippen molar-refractivity contribution in [3.05, 3.63) is 87.9 Å². The zero-order chi connectivity index (χ0) is 29.8. The van der Waals surface area contributed by atoms with Gasteiger partial charge in [0, 0.05) is 30.7 Å². The van der Waals surface area contributed by atoms with Crippen LogP contribution in [0.3, 0.4) is 0 Å². The molecule has 0 unspecified atom stereocenters. The lowest BCUT2D eigenvalue weighted by Gasteiger charge is -2.27. The number of barbiturate groups is 1. The zero-order valence-electron chi connectivity index (χ0n) is 22.8. The first-order valence-corrected chi connectivity index (χ1v) is 13.7. The summed E-state index contributed by atoms with van der Waals surface area (Å²) in [4.78, 5) is 41.9. The van der Waals surface area contributed by atoms with Crippen LogP contribution in [0, 0.1) is 0 Å². The number of hydrogen-bond donors (Lipinski definition) is 2. The number of methoxy groups -OCH3 is 1. The monoisotopic (exact) mass is 606 g/mol. The van der Waals surface area contributed by atoms with E-state index in [1.54, 1.807) is 18.2 Å². The Morgan fingerprint density at radius 1 is 1.14 bits per heavy atom. The number of thiocarbonyl (C=S) groups is 1. The minimum Gasteiger partial charge on any atom is -0.492 e. The largest absolute Gasteiger partial charge is 0.492 e. The molecule has 0 aliphatic carbocycles. The van der Waals surface area contributed by atoms with Crippen molar-refractivity contribution >= 4 is 58.5 Å². The summed E-state index contributed by atoms with van der Waals surface area (Å²) in [5.74, 6) is -0.482. The third kappa shape index (κ3) is 6.02. The fraction of sp³-hybridized carbons (Fsp3) is 0.200. The number of hydrogen-bond acceptors (Lipinski definition) is 7. The minimum absolute atomic E-state index is 0.00316. The lowest BCUT2D eigenvalue weighted by atomic mass is 9.98. The summed E-state index contributed by atoms with van der Waals surface area (Å²) in [6, 6.07) is 17.0. The van der Waals surface area contributed by atoms with Gasteiger partial charge in [0.05, 0.1) is 12.8 Å². The molecule has 4 amide bonds. The molecule has 0 spiro atoms. The number of halogens is 1. The molecule has 0 aromatic heterocycles. The van der Waals surface area contributed by atoms with E-state index < -0.39 is 17.8 Å². The van der Waals surface area contributed by atoms with Crippen molar-refractivity contribution in [3.63, 3.8) is 0 Å². The molecular weight excluding hydrogens is 580 g/mol. The van der Waals surface area contributed by atoms with E-state index in [9.17, 15) is 14.4 Å². The average Bonchev–Trinajstić information content (AvgIpc) is 3.46. The molecule has 2 aliphatic rings. The van der Waals surface area contributed by atoms with E-state index in [0.717, 1.165) is 16.0 Å². The fourth-order valence-electron chi connectivity index (χ4n) is 4.57. The Kier molecular flexibility index (Phi) is 8.60. The summed E-state index contributed by atoms with van der Waals surface area (Å²) in [5, 5.41) is 6.49. The Hall–Kier alpha value is -4.61. The molecule has 12 heteroatoms. The number of rotatable bonds is 8. The number of likely N-dealkylation sites (N-methyl/N-ethyl adjacent to an activating group) is 1. The molecule has 10 nitrogen and oxygen atoms in total. The summed E-state index contributed by atoms with van der Waals surface area (Å²) in [6.07, 6.45) is 1.86. The molecule has 42 heavy (non-hydrogen) atoms. The summed E-state index contributed by atoms with van der Waals surface area (Å²) < 4.78 is 16.9. The van der Waals surface area contributed by atoms with E-state index in [4.69, 9.17) is 38.0 Å². The molecule has 2 heterocycles. The first-order valence-electron chi connectivity index (χ1n) is 13.0. The number of nitrogens with one attached hydrogen (secondary N) is 2. The molecule has 1 fully saturated rings. The first-order chi connectivity index (χ1) is 20.3. The SMILES string of the molecule is COc1c(/C=C2\C(=O)NC(=O)N(c3ccc(Cl)cc3)C2=O)c(CCN(C)C(=S)NCc2ccccc2)cc2c1OCO2. The van der Waals surface area contributed by atoms with Crippen molar-refractivity contribution in [2.24, 2.45) is 0 Å². The number of anilines is 1. The van der Waals surface area contributed by atoms with E-state index in [0.29, 0.717) is 52.5 Å². The number of carbonyl (C=O) groups excluding carboxylic acids is 3. The fourth-order valence-corrected chi connectivity index (χ4v) is 4.86. The van der Waals surface area contributed by atoms with Gasteiger partial charge in [0.15, 0.2) is 16.6 Å². The highest BCUT2D eigenvalue weighted by atomic mass is 35.5. The number of imide groups is 2. The van der Waals surface area contributed by atoms with E-state index in [1.165, 1.54) is 25.3 Å². The van der Waals surface area contributed by atoms with Crippen LogP contribution < -0.4 is 29.7 Å². The molecule has 0 saturated carbocycles. The number of nitrogens with zero attached hydrogens (tertiary/aromatic N) is 2. The molecule has 3 aromatic carbocycles. The van der Waals surface area contributed by atoms with E-state index in [-0.39, 0.29) is 18.1 Å². The highest BCUT2D eigenvalue weighted by Crippen LogP contribution is 2.46. The van der Waals surface area contributed by atoms with Gasteiger partial charge in [-0.2, -0.15) is 0 Å². The average molecular weight is 607 g/mol. The van der Waals surface area contributed by atoms with Gasteiger partial charge in [0.25, 0.3) is 11.8 Å². The standard InChI is InChI=1S/C30H27ClN4O6S/c1-34(30(42)32-16-18-6-4-3-5-7-18)13-12-19-14-24-26(41-17-40-24)25(39-2)22(19)15-23-27(36)33-29(38)35(28(23)37)21-10-8-20(31)9-11-21/h3-11,14-15H,12-13,16-17H2,1-2H3,(H,32,42)(H,33,36,38)/b23-15+. The van der Waals surface area contributed by atoms with Gasteiger partial charge < -0.3 is 24.4 Å². The van der Waals surface area contributed by atoms with Crippen molar-refractivity contribution in [2.45, 2.75) is 13.0 Å². The maximum atomic E-state index is 13.5. The number of fused-ring (bicyclic) bond motifs is 1. The maximum Gasteiger partial charge on any atom is 0.335 e. The van der Waals surface area contributed by atoms with Crippen LogP contribution in [0.2, 0.25) is 5.02 Å². The van der Waals surface area contributed by atoms with Crippen LogP contribution in [0.15, 0.2) is 66.2 Å². The van der Waals surface area contributed by atoms with Gasteiger partial charge in [-0.1, -0.05) is 41.9 Å². The van der Waals surface area contributed by atoms with E-state index >= 15 is 0 Å². The van der Waals surface area contributed by atoms with Gasteiger partial charge in [-0.05, 0) is 66.2 Å². The topological polar surface area (TPSA) is 109 Å². The van der Waals surface area contributed by atoms with Crippen molar-refractivity contribution in [2.75, 3.05) is 32.4 Å². The molecule has 0 radical (unpaired) electrons. The summed E-state index contributed by atoms with van der Waals surface area (Å²) in [5.41, 5.74) is 2.27. The van der Waals surface area contributed by atoms with Gasteiger partial charge in [-0.15, -0.1) is 0 Å². The number of amides is 4. The summed E-state index contributed by atoms with van der Waals surface area (Å²) in [6.45, 7) is 1.07. The van der Waals surface area contributed by atoms with Crippen molar-refractivity contribution in [1.82, 2.24) is 15.5 Å². The molecule has 2 N–H and O–H groups in total. The Morgan fingerprint density at radius 2 is 1.88 bits per heavy atom.